The first kappa shape index (κ1) is 12.9. The quantitative estimate of drug-likeness (QED) is 0.535. The van der Waals surface area contributed by atoms with Gasteiger partial charge in [0.25, 0.3) is 0 Å². The molecular formula is C10H23NO2. The number of methoxy groups -OCH3 is 1. The monoisotopic (exact) mass is 189 g/mol. The number of ether oxygens (including phenoxy) is 1. The van der Waals surface area contributed by atoms with Gasteiger partial charge in [-0.3, -0.25) is 0 Å². The predicted molar refractivity (Wildman–Crippen MR) is 54.9 cm³/mol. The summed E-state index contributed by atoms with van der Waals surface area (Å²) in [6.45, 7) is 4.80. The molecule has 0 aromatic rings. The SMILES string of the molecule is CCC(O)CCNCCCCOC. The Morgan fingerprint density at radius 1 is 1.31 bits per heavy atom. The molecule has 0 rings (SSSR count). The van der Waals surface area contributed by atoms with Crippen LogP contribution < -0.4 is 5.32 Å². The summed E-state index contributed by atoms with van der Waals surface area (Å²) in [6.07, 6.45) is 3.84. The second kappa shape index (κ2) is 9.96. The molecule has 0 saturated heterocycles. The number of nitrogens with one attached hydrogen (secondary N) is 1. The Hall–Kier alpha value is -0.120. The first-order chi connectivity index (χ1) is 6.31. The van der Waals surface area contributed by atoms with E-state index >= 15 is 0 Å². The number of rotatable bonds is 9. The van der Waals surface area contributed by atoms with Crippen LogP contribution in [0.3, 0.4) is 0 Å². The van der Waals surface area contributed by atoms with Crippen molar-refractivity contribution in [2.75, 3.05) is 26.8 Å². The molecule has 0 aliphatic heterocycles. The molecule has 0 bridgehead atoms. The number of hydrogen-bond donors (Lipinski definition) is 2. The lowest BCUT2D eigenvalue weighted by molar-refractivity contribution is 0.159. The van der Waals surface area contributed by atoms with E-state index in [0.717, 1.165) is 45.4 Å². The Morgan fingerprint density at radius 2 is 2.08 bits per heavy atom. The van der Waals surface area contributed by atoms with Crippen LogP contribution in [0.25, 0.3) is 0 Å². The van der Waals surface area contributed by atoms with E-state index in [2.05, 4.69) is 5.32 Å². The van der Waals surface area contributed by atoms with Gasteiger partial charge in [-0.1, -0.05) is 6.92 Å². The first-order valence-corrected chi connectivity index (χ1v) is 5.19. The summed E-state index contributed by atoms with van der Waals surface area (Å²) in [5.74, 6) is 0. The third kappa shape index (κ3) is 9.80. The van der Waals surface area contributed by atoms with Crippen molar-refractivity contribution in [3.8, 4) is 0 Å². The fourth-order valence-electron chi connectivity index (χ4n) is 1.09. The fourth-order valence-corrected chi connectivity index (χ4v) is 1.09. The van der Waals surface area contributed by atoms with Crippen molar-refractivity contribution in [2.45, 2.75) is 38.7 Å². The number of aliphatic hydroxyl groups is 1. The van der Waals surface area contributed by atoms with E-state index in [9.17, 15) is 5.11 Å². The Balaban J connectivity index is 2.91. The molecule has 0 saturated carbocycles. The maximum Gasteiger partial charge on any atom is 0.0549 e. The molecule has 13 heavy (non-hydrogen) atoms. The van der Waals surface area contributed by atoms with Crippen LogP contribution in [0.1, 0.15) is 32.6 Å². The Morgan fingerprint density at radius 3 is 2.69 bits per heavy atom. The van der Waals surface area contributed by atoms with Gasteiger partial charge in [-0.2, -0.15) is 0 Å². The molecule has 80 valence electrons. The van der Waals surface area contributed by atoms with Gasteiger partial charge >= 0.3 is 0 Å². The standard InChI is InChI=1S/C10H23NO2/c1-3-10(12)6-8-11-7-4-5-9-13-2/h10-12H,3-9H2,1-2H3. The average molecular weight is 189 g/mol. The van der Waals surface area contributed by atoms with Crippen LogP contribution in [-0.2, 0) is 4.74 Å². The van der Waals surface area contributed by atoms with Crippen LogP contribution >= 0.6 is 0 Å². The van der Waals surface area contributed by atoms with Crippen molar-refractivity contribution >= 4 is 0 Å². The van der Waals surface area contributed by atoms with Gasteiger partial charge in [0.05, 0.1) is 6.10 Å². The van der Waals surface area contributed by atoms with Gasteiger partial charge in [-0.15, -0.1) is 0 Å². The van der Waals surface area contributed by atoms with E-state index in [1.807, 2.05) is 6.92 Å². The van der Waals surface area contributed by atoms with Crippen molar-refractivity contribution in [2.24, 2.45) is 0 Å². The lowest BCUT2D eigenvalue weighted by Gasteiger charge is -2.08. The molecule has 0 amide bonds. The molecular weight excluding hydrogens is 166 g/mol. The summed E-state index contributed by atoms with van der Waals surface area (Å²) in [5, 5.41) is 12.5. The predicted octanol–water partition coefficient (Wildman–Crippen LogP) is 1.16. The lowest BCUT2D eigenvalue weighted by atomic mass is 10.2. The van der Waals surface area contributed by atoms with Gasteiger partial charge in [0.1, 0.15) is 0 Å². The van der Waals surface area contributed by atoms with Gasteiger partial charge in [-0.05, 0) is 38.8 Å². The smallest absolute Gasteiger partial charge is 0.0549 e. The van der Waals surface area contributed by atoms with Gasteiger partial charge in [-0.25, -0.2) is 0 Å². The fraction of sp³-hybridized carbons (Fsp3) is 1.00. The second-order valence-corrected chi connectivity index (χ2v) is 3.30. The van der Waals surface area contributed by atoms with E-state index < -0.39 is 0 Å². The van der Waals surface area contributed by atoms with E-state index in [4.69, 9.17) is 4.74 Å². The minimum absolute atomic E-state index is 0.133. The van der Waals surface area contributed by atoms with E-state index in [-0.39, 0.29) is 6.10 Å². The van der Waals surface area contributed by atoms with Crippen molar-refractivity contribution in [1.82, 2.24) is 5.32 Å². The maximum absolute atomic E-state index is 9.24. The molecule has 1 atom stereocenters. The maximum atomic E-state index is 9.24. The van der Waals surface area contributed by atoms with Crippen LogP contribution in [-0.4, -0.2) is 38.0 Å². The summed E-state index contributed by atoms with van der Waals surface area (Å²) in [6, 6.07) is 0. The Kier molecular flexibility index (Phi) is 9.87. The molecule has 0 fully saturated rings. The average Bonchev–Trinajstić information content (AvgIpc) is 2.16. The van der Waals surface area contributed by atoms with Crippen molar-refractivity contribution in [3.05, 3.63) is 0 Å². The van der Waals surface area contributed by atoms with Crippen LogP contribution in [0.5, 0.6) is 0 Å². The molecule has 0 heterocycles. The number of unbranched alkanes of at least 4 members (excludes halogenated alkanes) is 1. The van der Waals surface area contributed by atoms with E-state index in [1.165, 1.54) is 0 Å². The molecule has 3 heteroatoms. The first-order valence-electron chi connectivity index (χ1n) is 5.19. The third-order valence-corrected chi connectivity index (χ3v) is 2.08. The highest BCUT2D eigenvalue weighted by molar-refractivity contribution is 4.55. The van der Waals surface area contributed by atoms with Crippen molar-refractivity contribution in [1.29, 1.82) is 0 Å². The van der Waals surface area contributed by atoms with Crippen LogP contribution in [0, 0.1) is 0 Å². The highest BCUT2D eigenvalue weighted by Gasteiger charge is 1.98. The molecule has 0 radical (unpaired) electrons. The minimum Gasteiger partial charge on any atom is -0.393 e. The van der Waals surface area contributed by atoms with Gasteiger partial charge in [0, 0.05) is 13.7 Å². The zero-order valence-corrected chi connectivity index (χ0v) is 8.88. The Bertz CT molecular complexity index is 98.9. The zero-order valence-electron chi connectivity index (χ0n) is 8.88. The van der Waals surface area contributed by atoms with Gasteiger partial charge in [0.2, 0.25) is 0 Å². The second-order valence-electron chi connectivity index (χ2n) is 3.30. The van der Waals surface area contributed by atoms with Crippen LogP contribution in [0.4, 0.5) is 0 Å². The largest absolute Gasteiger partial charge is 0.393 e. The highest BCUT2D eigenvalue weighted by Crippen LogP contribution is 1.94. The summed E-state index contributed by atoms with van der Waals surface area (Å²) in [4.78, 5) is 0. The molecule has 0 spiro atoms. The number of aliphatic hydroxyl groups excluding tert-OH is 1. The highest BCUT2D eigenvalue weighted by atomic mass is 16.5. The van der Waals surface area contributed by atoms with Crippen molar-refractivity contribution in [3.63, 3.8) is 0 Å². The molecule has 0 aliphatic rings. The third-order valence-electron chi connectivity index (χ3n) is 2.08. The topological polar surface area (TPSA) is 41.5 Å². The molecule has 0 aliphatic carbocycles. The summed E-state index contributed by atoms with van der Waals surface area (Å²) in [5.41, 5.74) is 0. The minimum atomic E-state index is -0.133. The lowest BCUT2D eigenvalue weighted by Crippen LogP contribution is -2.21. The van der Waals surface area contributed by atoms with Gasteiger partial charge < -0.3 is 15.2 Å². The molecule has 1 unspecified atom stereocenters. The van der Waals surface area contributed by atoms with Gasteiger partial charge in [0.15, 0.2) is 0 Å². The summed E-state index contributed by atoms with van der Waals surface area (Å²) < 4.78 is 4.94. The van der Waals surface area contributed by atoms with Crippen molar-refractivity contribution < 1.29 is 9.84 Å². The summed E-state index contributed by atoms with van der Waals surface area (Å²) in [7, 11) is 1.73. The van der Waals surface area contributed by atoms with E-state index in [1.54, 1.807) is 7.11 Å². The molecule has 2 N–H and O–H groups in total. The zero-order chi connectivity index (χ0) is 9.94. The summed E-state index contributed by atoms with van der Waals surface area (Å²) >= 11 is 0. The molecule has 0 aromatic carbocycles. The van der Waals surface area contributed by atoms with E-state index in [0.29, 0.717) is 0 Å². The number of hydrogen-bond acceptors (Lipinski definition) is 3. The molecule has 3 nitrogen and oxygen atoms in total. The normalized spacial score (nSPS) is 13.2. The van der Waals surface area contributed by atoms with Crippen LogP contribution in [0.15, 0.2) is 0 Å². The molecule has 0 aromatic heterocycles. The Labute approximate surface area is 81.5 Å². The van der Waals surface area contributed by atoms with Crippen LogP contribution in [0.2, 0.25) is 0 Å².